The average Bonchev–Trinajstić information content (AvgIpc) is 2.40. The zero-order valence-corrected chi connectivity index (χ0v) is 12.9. The summed E-state index contributed by atoms with van der Waals surface area (Å²) in [5.41, 5.74) is 0. The number of aliphatic carboxylic acids is 1. The van der Waals surface area contributed by atoms with Crippen molar-refractivity contribution in [3.63, 3.8) is 0 Å². The first kappa shape index (κ1) is 18.6. The molecule has 20 heavy (non-hydrogen) atoms. The van der Waals surface area contributed by atoms with Crippen molar-refractivity contribution in [1.82, 2.24) is 16.0 Å². The minimum absolute atomic E-state index is 0.294. The van der Waals surface area contributed by atoms with Crippen LogP contribution in [0, 0.1) is 0 Å². The fourth-order valence-electron chi connectivity index (χ4n) is 1.36. The van der Waals surface area contributed by atoms with E-state index in [1.807, 2.05) is 13.2 Å². The second kappa shape index (κ2) is 10.4. The van der Waals surface area contributed by atoms with Gasteiger partial charge in [0.1, 0.15) is 12.1 Å². The van der Waals surface area contributed by atoms with Gasteiger partial charge in [0.2, 0.25) is 5.91 Å². The van der Waals surface area contributed by atoms with Crippen LogP contribution in [0.3, 0.4) is 0 Å². The van der Waals surface area contributed by atoms with E-state index < -0.39 is 24.1 Å². The Kier molecular flexibility index (Phi) is 9.61. The molecule has 3 amide bonds. The number of hydrogen-bond acceptors (Lipinski definition) is 4. The Bertz CT molecular complexity index is 339. The molecule has 0 aliphatic rings. The molecule has 0 radical (unpaired) electrons. The second-order valence-electron chi connectivity index (χ2n) is 4.30. The van der Waals surface area contributed by atoms with E-state index in [-0.39, 0.29) is 5.91 Å². The number of nitrogens with one attached hydrogen (secondary N) is 3. The molecule has 4 N–H and O–H groups in total. The van der Waals surface area contributed by atoms with E-state index in [4.69, 9.17) is 5.11 Å². The molecule has 7 nitrogen and oxygen atoms in total. The number of carbonyl (C=O) groups excluding carboxylic acids is 2. The smallest absolute Gasteiger partial charge is 0.326 e. The molecular formula is C12H23N3O4S. The standard InChI is InChI=1S/C12H23N3O4S/c1-4-6-13-10(16)8(2)14-12(19)15-9(11(17)18)5-7-20-3/h8-9H,4-7H2,1-3H3,(H,13,16)(H,17,18)(H2,14,15,19)/t8?,9-/m0/s1. The van der Waals surface area contributed by atoms with Crippen molar-refractivity contribution in [3.05, 3.63) is 0 Å². The SMILES string of the molecule is CCCNC(=O)C(C)NC(=O)N[C@@H](CCSC)C(=O)O. The molecule has 0 rings (SSSR count). The summed E-state index contributed by atoms with van der Waals surface area (Å²) in [6, 6.07) is -2.32. The number of carbonyl (C=O) groups is 3. The van der Waals surface area contributed by atoms with Crippen LogP contribution in [0.1, 0.15) is 26.7 Å². The summed E-state index contributed by atoms with van der Waals surface area (Å²) in [7, 11) is 0. The van der Waals surface area contributed by atoms with E-state index in [0.717, 1.165) is 6.42 Å². The van der Waals surface area contributed by atoms with Crippen molar-refractivity contribution >= 4 is 29.7 Å². The monoisotopic (exact) mass is 305 g/mol. The Balaban J connectivity index is 4.23. The van der Waals surface area contributed by atoms with Gasteiger partial charge in [-0.15, -0.1) is 0 Å². The lowest BCUT2D eigenvalue weighted by Crippen LogP contribution is -2.52. The molecule has 0 heterocycles. The van der Waals surface area contributed by atoms with Crippen LogP contribution >= 0.6 is 11.8 Å². The maximum atomic E-state index is 11.6. The van der Waals surface area contributed by atoms with Crippen LogP contribution in [-0.2, 0) is 9.59 Å². The maximum absolute atomic E-state index is 11.6. The highest BCUT2D eigenvalue weighted by Crippen LogP contribution is 2.01. The van der Waals surface area contributed by atoms with Gasteiger partial charge in [0.15, 0.2) is 0 Å². The Morgan fingerprint density at radius 2 is 1.90 bits per heavy atom. The number of urea groups is 1. The molecule has 0 saturated heterocycles. The fraction of sp³-hybridized carbons (Fsp3) is 0.750. The molecule has 1 unspecified atom stereocenters. The zero-order chi connectivity index (χ0) is 15.5. The lowest BCUT2D eigenvalue weighted by Gasteiger charge is -2.18. The number of carboxylic acids is 1. The van der Waals surface area contributed by atoms with Gasteiger partial charge in [0.05, 0.1) is 0 Å². The summed E-state index contributed by atoms with van der Waals surface area (Å²) in [5.74, 6) is -0.751. The number of hydrogen-bond donors (Lipinski definition) is 4. The second-order valence-corrected chi connectivity index (χ2v) is 5.29. The zero-order valence-electron chi connectivity index (χ0n) is 12.1. The predicted molar refractivity (Wildman–Crippen MR) is 78.9 cm³/mol. The van der Waals surface area contributed by atoms with Gasteiger partial charge in [-0.3, -0.25) is 4.79 Å². The normalized spacial score (nSPS) is 13.2. The first-order valence-electron chi connectivity index (χ1n) is 6.48. The average molecular weight is 305 g/mol. The lowest BCUT2D eigenvalue weighted by molar-refractivity contribution is -0.139. The number of rotatable bonds is 9. The first-order chi connectivity index (χ1) is 9.42. The van der Waals surface area contributed by atoms with Crippen LogP contribution in [0.5, 0.6) is 0 Å². The molecule has 8 heteroatoms. The molecule has 2 atom stereocenters. The highest BCUT2D eigenvalue weighted by molar-refractivity contribution is 7.98. The molecule has 0 saturated carbocycles. The van der Waals surface area contributed by atoms with E-state index in [0.29, 0.717) is 18.7 Å². The highest BCUT2D eigenvalue weighted by atomic mass is 32.2. The van der Waals surface area contributed by atoms with Crippen LogP contribution in [0.25, 0.3) is 0 Å². The summed E-state index contributed by atoms with van der Waals surface area (Å²) in [6.45, 7) is 4.01. The van der Waals surface area contributed by atoms with Gasteiger partial charge in [0.25, 0.3) is 0 Å². The van der Waals surface area contributed by atoms with E-state index in [9.17, 15) is 14.4 Å². The summed E-state index contributed by atoms with van der Waals surface area (Å²) < 4.78 is 0. The Morgan fingerprint density at radius 1 is 1.25 bits per heavy atom. The predicted octanol–water partition coefficient (Wildman–Crippen LogP) is 0.407. The minimum atomic E-state index is -1.09. The summed E-state index contributed by atoms with van der Waals surface area (Å²) in [5, 5.41) is 16.4. The van der Waals surface area contributed by atoms with Gasteiger partial charge in [-0.2, -0.15) is 11.8 Å². The van der Waals surface area contributed by atoms with Crippen molar-refractivity contribution in [1.29, 1.82) is 0 Å². The summed E-state index contributed by atoms with van der Waals surface area (Å²) >= 11 is 1.50. The highest BCUT2D eigenvalue weighted by Gasteiger charge is 2.21. The molecule has 0 aromatic rings. The molecule has 0 aromatic heterocycles. The third-order valence-corrected chi connectivity index (χ3v) is 3.15. The van der Waals surface area contributed by atoms with Crippen LogP contribution in [0.4, 0.5) is 4.79 Å². The molecule has 0 aliphatic heterocycles. The molecule has 0 fully saturated rings. The third kappa shape index (κ3) is 7.88. The molecule has 116 valence electrons. The van der Waals surface area contributed by atoms with Crippen molar-refractivity contribution in [2.45, 2.75) is 38.8 Å². The van der Waals surface area contributed by atoms with Gasteiger partial charge >= 0.3 is 12.0 Å². The first-order valence-corrected chi connectivity index (χ1v) is 7.88. The lowest BCUT2D eigenvalue weighted by atomic mass is 10.2. The van der Waals surface area contributed by atoms with Crippen LogP contribution < -0.4 is 16.0 Å². The minimum Gasteiger partial charge on any atom is -0.480 e. The van der Waals surface area contributed by atoms with Crippen molar-refractivity contribution < 1.29 is 19.5 Å². The molecular weight excluding hydrogens is 282 g/mol. The number of amides is 3. The molecule has 0 bridgehead atoms. The number of thioether (sulfide) groups is 1. The fourth-order valence-corrected chi connectivity index (χ4v) is 1.83. The van der Waals surface area contributed by atoms with Gasteiger partial charge in [0, 0.05) is 6.54 Å². The quantitative estimate of drug-likeness (QED) is 0.493. The topological polar surface area (TPSA) is 108 Å². The van der Waals surface area contributed by atoms with E-state index in [1.54, 1.807) is 6.92 Å². The van der Waals surface area contributed by atoms with Crippen molar-refractivity contribution in [2.24, 2.45) is 0 Å². The largest absolute Gasteiger partial charge is 0.480 e. The van der Waals surface area contributed by atoms with Gasteiger partial charge in [-0.25, -0.2) is 9.59 Å². The Labute approximate surface area is 123 Å². The Hall–Kier alpha value is -1.44. The number of carboxylic acid groups (broad SMARTS) is 1. The van der Waals surface area contributed by atoms with Crippen LogP contribution in [0.2, 0.25) is 0 Å². The maximum Gasteiger partial charge on any atom is 0.326 e. The van der Waals surface area contributed by atoms with E-state index in [2.05, 4.69) is 16.0 Å². The van der Waals surface area contributed by atoms with Gasteiger partial charge < -0.3 is 21.1 Å². The third-order valence-electron chi connectivity index (χ3n) is 2.50. The van der Waals surface area contributed by atoms with Crippen LogP contribution in [-0.4, -0.2) is 53.7 Å². The van der Waals surface area contributed by atoms with E-state index in [1.165, 1.54) is 11.8 Å². The molecule has 0 aromatic carbocycles. The van der Waals surface area contributed by atoms with Crippen molar-refractivity contribution in [2.75, 3.05) is 18.6 Å². The van der Waals surface area contributed by atoms with Crippen LogP contribution in [0.15, 0.2) is 0 Å². The van der Waals surface area contributed by atoms with Crippen molar-refractivity contribution in [3.8, 4) is 0 Å². The molecule has 0 spiro atoms. The van der Waals surface area contributed by atoms with Gasteiger partial charge in [-0.1, -0.05) is 6.92 Å². The molecule has 0 aliphatic carbocycles. The van der Waals surface area contributed by atoms with E-state index >= 15 is 0 Å². The Morgan fingerprint density at radius 3 is 2.40 bits per heavy atom. The summed E-state index contributed by atoms with van der Waals surface area (Å²) in [6.07, 6.45) is 3.00. The van der Waals surface area contributed by atoms with Gasteiger partial charge in [-0.05, 0) is 31.8 Å². The summed E-state index contributed by atoms with van der Waals surface area (Å²) in [4.78, 5) is 34.2.